The standard InChI is InChI=1S/C10H6Cl2F3N3/c11-8-6-7(10(13,14)15)2-3-9(8)18(12)17-5-1-4-16/h2-3,5-6H,1H2. The van der Waals surface area contributed by atoms with Gasteiger partial charge in [0.1, 0.15) is 0 Å². The third-order valence-electron chi connectivity index (χ3n) is 1.84. The number of halogens is 5. The van der Waals surface area contributed by atoms with E-state index in [0.29, 0.717) is 0 Å². The van der Waals surface area contributed by atoms with Gasteiger partial charge in [-0.05, 0) is 18.2 Å². The minimum absolute atomic E-state index is 0.0292. The fraction of sp³-hybridized carbons (Fsp3) is 0.200. The van der Waals surface area contributed by atoms with Crippen molar-refractivity contribution in [3.05, 3.63) is 28.8 Å². The van der Waals surface area contributed by atoms with Crippen molar-refractivity contribution in [3.8, 4) is 6.07 Å². The van der Waals surface area contributed by atoms with E-state index < -0.39 is 11.7 Å². The summed E-state index contributed by atoms with van der Waals surface area (Å²) in [5, 5.41) is 11.7. The summed E-state index contributed by atoms with van der Waals surface area (Å²) in [6.45, 7) is 0. The van der Waals surface area contributed by atoms with Crippen LogP contribution in [-0.4, -0.2) is 6.21 Å². The molecule has 0 saturated heterocycles. The first-order chi connectivity index (χ1) is 8.36. The highest BCUT2D eigenvalue weighted by atomic mass is 35.5. The maximum Gasteiger partial charge on any atom is 0.416 e. The van der Waals surface area contributed by atoms with Crippen LogP contribution < -0.4 is 4.53 Å². The van der Waals surface area contributed by atoms with E-state index in [0.717, 1.165) is 22.7 Å². The lowest BCUT2D eigenvalue weighted by atomic mass is 10.2. The van der Waals surface area contributed by atoms with Crippen molar-refractivity contribution in [2.45, 2.75) is 12.6 Å². The molecule has 0 bridgehead atoms. The number of nitrogens with zero attached hydrogens (tertiary/aromatic N) is 3. The summed E-state index contributed by atoms with van der Waals surface area (Å²) in [7, 11) is 0. The van der Waals surface area contributed by atoms with E-state index >= 15 is 0 Å². The van der Waals surface area contributed by atoms with Crippen molar-refractivity contribution >= 4 is 35.3 Å². The predicted octanol–water partition coefficient (Wildman–Crippen LogP) is 4.22. The van der Waals surface area contributed by atoms with Gasteiger partial charge in [-0.3, -0.25) is 0 Å². The van der Waals surface area contributed by atoms with E-state index in [4.69, 9.17) is 28.6 Å². The van der Waals surface area contributed by atoms with Crippen molar-refractivity contribution in [1.29, 1.82) is 5.26 Å². The maximum absolute atomic E-state index is 12.4. The number of anilines is 1. The van der Waals surface area contributed by atoms with Crippen LogP contribution in [0.15, 0.2) is 23.3 Å². The number of alkyl halides is 3. The Bertz CT molecular complexity index is 494. The van der Waals surface area contributed by atoms with E-state index in [-0.39, 0.29) is 17.1 Å². The Hall–Kier alpha value is -1.45. The van der Waals surface area contributed by atoms with Crippen LogP contribution in [0.3, 0.4) is 0 Å². The van der Waals surface area contributed by atoms with E-state index in [9.17, 15) is 13.2 Å². The molecular weight excluding hydrogens is 290 g/mol. The molecule has 0 fully saturated rings. The Labute approximate surface area is 111 Å². The average molecular weight is 296 g/mol. The minimum atomic E-state index is -4.47. The van der Waals surface area contributed by atoms with E-state index in [1.165, 1.54) is 6.21 Å². The van der Waals surface area contributed by atoms with Crippen LogP contribution in [0.5, 0.6) is 0 Å². The van der Waals surface area contributed by atoms with Crippen molar-refractivity contribution in [2.75, 3.05) is 4.53 Å². The predicted molar refractivity (Wildman–Crippen MR) is 63.5 cm³/mol. The fourth-order valence-corrected chi connectivity index (χ4v) is 1.56. The smallest absolute Gasteiger partial charge is 0.198 e. The molecule has 0 aliphatic rings. The molecule has 0 amide bonds. The Morgan fingerprint density at radius 3 is 2.61 bits per heavy atom. The van der Waals surface area contributed by atoms with Gasteiger partial charge >= 0.3 is 6.18 Å². The summed E-state index contributed by atoms with van der Waals surface area (Å²) in [6.07, 6.45) is -3.23. The van der Waals surface area contributed by atoms with Gasteiger partial charge in [-0.25, -0.2) is 0 Å². The number of benzene rings is 1. The molecule has 0 N–H and O–H groups in total. The van der Waals surface area contributed by atoms with Crippen LogP contribution in [0.4, 0.5) is 18.9 Å². The highest BCUT2D eigenvalue weighted by molar-refractivity contribution is 6.36. The zero-order chi connectivity index (χ0) is 13.8. The van der Waals surface area contributed by atoms with Gasteiger partial charge in [0.25, 0.3) is 0 Å². The highest BCUT2D eigenvalue weighted by Crippen LogP contribution is 2.35. The molecule has 0 aliphatic heterocycles. The molecule has 96 valence electrons. The molecule has 18 heavy (non-hydrogen) atoms. The normalized spacial score (nSPS) is 11.6. The van der Waals surface area contributed by atoms with Crippen LogP contribution >= 0.6 is 23.4 Å². The zero-order valence-electron chi connectivity index (χ0n) is 8.75. The summed E-state index contributed by atoms with van der Waals surface area (Å²) in [5.41, 5.74) is -0.775. The number of nitriles is 1. The van der Waals surface area contributed by atoms with Gasteiger partial charge in [0.05, 0.1) is 28.8 Å². The van der Waals surface area contributed by atoms with Gasteiger partial charge in [0.15, 0.2) is 0 Å². The lowest BCUT2D eigenvalue weighted by Crippen LogP contribution is -2.07. The number of hydrogen-bond donors (Lipinski definition) is 0. The van der Waals surface area contributed by atoms with Gasteiger partial charge in [-0.2, -0.15) is 28.1 Å². The molecule has 0 unspecified atom stereocenters. The van der Waals surface area contributed by atoms with Gasteiger partial charge in [0.2, 0.25) is 0 Å². The lowest BCUT2D eigenvalue weighted by molar-refractivity contribution is -0.137. The zero-order valence-corrected chi connectivity index (χ0v) is 10.3. The molecular formula is C10H6Cl2F3N3. The van der Waals surface area contributed by atoms with E-state index in [1.54, 1.807) is 6.07 Å². The highest BCUT2D eigenvalue weighted by Gasteiger charge is 2.31. The Morgan fingerprint density at radius 1 is 1.44 bits per heavy atom. The SMILES string of the molecule is N#CCC=NN(Cl)c1ccc(C(F)(F)F)cc1Cl. The second-order valence-corrected chi connectivity index (χ2v) is 3.81. The quantitative estimate of drug-likeness (QED) is 0.476. The lowest BCUT2D eigenvalue weighted by Gasteiger charge is -2.13. The molecule has 1 rings (SSSR count). The maximum atomic E-state index is 12.4. The average Bonchev–Trinajstić information content (AvgIpc) is 2.27. The van der Waals surface area contributed by atoms with Crippen LogP contribution in [0.25, 0.3) is 0 Å². The molecule has 0 saturated carbocycles. The largest absolute Gasteiger partial charge is 0.416 e. The van der Waals surface area contributed by atoms with Crippen LogP contribution in [0.2, 0.25) is 5.02 Å². The summed E-state index contributed by atoms with van der Waals surface area (Å²) in [5.74, 6) is 0. The molecule has 0 aromatic heterocycles. The second kappa shape index (κ2) is 5.94. The third-order valence-corrected chi connectivity index (χ3v) is 2.41. The molecule has 0 atom stereocenters. The molecule has 1 aromatic carbocycles. The first-order valence-corrected chi connectivity index (χ1v) is 5.30. The first-order valence-electron chi connectivity index (χ1n) is 4.58. The molecule has 0 heterocycles. The van der Waals surface area contributed by atoms with E-state index in [1.807, 2.05) is 0 Å². The molecule has 3 nitrogen and oxygen atoms in total. The first kappa shape index (κ1) is 14.6. The summed E-state index contributed by atoms with van der Waals surface area (Å²) in [6, 6.07) is 4.50. The summed E-state index contributed by atoms with van der Waals surface area (Å²) in [4.78, 5) is 0. The molecule has 0 radical (unpaired) electrons. The van der Waals surface area contributed by atoms with Crippen molar-refractivity contribution in [2.24, 2.45) is 5.10 Å². The van der Waals surface area contributed by atoms with Gasteiger partial charge in [0, 0.05) is 18.0 Å². The van der Waals surface area contributed by atoms with Crippen molar-refractivity contribution in [3.63, 3.8) is 0 Å². The van der Waals surface area contributed by atoms with Crippen LogP contribution in [-0.2, 0) is 6.18 Å². The van der Waals surface area contributed by atoms with Crippen molar-refractivity contribution in [1.82, 2.24) is 0 Å². The van der Waals surface area contributed by atoms with Gasteiger partial charge < -0.3 is 0 Å². The summed E-state index contributed by atoms with van der Waals surface area (Å²) < 4.78 is 37.9. The molecule has 1 aromatic rings. The molecule has 0 spiro atoms. The summed E-state index contributed by atoms with van der Waals surface area (Å²) >= 11 is 11.4. The topological polar surface area (TPSA) is 39.4 Å². The third kappa shape index (κ3) is 3.79. The van der Waals surface area contributed by atoms with Crippen LogP contribution in [0, 0.1) is 11.3 Å². The second-order valence-electron chi connectivity index (χ2n) is 3.08. The number of hydrogen-bond acceptors (Lipinski definition) is 3. The number of hydrazone groups is 1. The van der Waals surface area contributed by atoms with Gasteiger partial charge in [-0.1, -0.05) is 11.6 Å². The molecule has 8 heteroatoms. The van der Waals surface area contributed by atoms with E-state index in [2.05, 4.69) is 5.10 Å². The number of rotatable bonds is 3. The van der Waals surface area contributed by atoms with Gasteiger partial charge in [-0.15, -0.1) is 0 Å². The Balaban J connectivity index is 2.96. The monoisotopic (exact) mass is 295 g/mol. The molecule has 0 aliphatic carbocycles. The minimum Gasteiger partial charge on any atom is -0.198 e. The van der Waals surface area contributed by atoms with Crippen molar-refractivity contribution < 1.29 is 13.2 Å². The fourth-order valence-electron chi connectivity index (χ4n) is 1.05. The Kier molecular flexibility index (Phi) is 4.82. The van der Waals surface area contributed by atoms with Crippen LogP contribution in [0.1, 0.15) is 12.0 Å². The Morgan fingerprint density at radius 2 is 2.11 bits per heavy atom.